The van der Waals surface area contributed by atoms with Gasteiger partial charge in [-0.05, 0) is 24.3 Å². The van der Waals surface area contributed by atoms with Gasteiger partial charge in [0.15, 0.2) is 0 Å². The van der Waals surface area contributed by atoms with Gasteiger partial charge in [0.2, 0.25) is 0 Å². The summed E-state index contributed by atoms with van der Waals surface area (Å²) in [4.78, 5) is 3.98. The molecule has 2 heteroatoms. The van der Waals surface area contributed by atoms with E-state index in [2.05, 4.69) is 10.9 Å². The zero-order valence-corrected chi connectivity index (χ0v) is 6.82. The molecule has 0 saturated heterocycles. The van der Waals surface area contributed by atoms with Crippen LogP contribution in [0.4, 0.5) is 5.69 Å². The van der Waals surface area contributed by atoms with Crippen LogP contribution in [0, 0.1) is 12.3 Å². The van der Waals surface area contributed by atoms with Crippen LogP contribution >= 0.6 is 0 Å². The lowest BCUT2D eigenvalue weighted by atomic mass is 10.3. The lowest BCUT2D eigenvalue weighted by Gasteiger charge is -1.97. The Bertz CT molecular complexity index is 306. The average molecular weight is 159 g/mol. The second-order valence-corrected chi connectivity index (χ2v) is 2.12. The standard InChI is InChI=1S/C10H9NO/c1-3-8-11-9-4-6-10(12-2)7-5-9/h1,4-8H,2H3. The molecule has 0 aliphatic heterocycles. The van der Waals surface area contributed by atoms with Crippen molar-refractivity contribution in [3.63, 3.8) is 0 Å². The molecule has 0 radical (unpaired) electrons. The molecular formula is C10H9NO. The van der Waals surface area contributed by atoms with Crippen molar-refractivity contribution in [2.75, 3.05) is 7.11 Å². The summed E-state index contributed by atoms with van der Waals surface area (Å²) in [6.07, 6.45) is 6.43. The molecule has 0 amide bonds. The molecule has 60 valence electrons. The Morgan fingerprint density at radius 1 is 1.42 bits per heavy atom. The fourth-order valence-electron chi connectivity index (χ4n) is 0.780. The summed E-state index contributed by atoms with van der Waals surface area (Å²) in [6, 6.07) is 7.35. The normalized spacial score (nSPS) is 9.67. The Morgan fingerprint density at radius 3 is 2.58 bits per heavy atom. The number of aliphatic imine (C=N–C) groups is 1. The highest BCUT2D eigenvalue weighted by Gasteiger charge is 1.89. The maximum atomic E-state index is 5.01. The van der Waals surface area contributed by atoms with Gasteiger partial charge < -0.3 is 4.74 Å². The summed E-state index contributed by atoms with van der Waals surface area (Å²) in [6.45, 7) is 0. The van der Waals surface area contributed by atoms with Gasteiger partial charge in [0.05, 0.1) is 19.0 Å². The minimum Gasteiger partial charge on any atom is -0.497 e. The van der Waals surface area contributed by atoms with Crippen LogP contribution in [0.15, 0.2) is 29.3 Å². The van der Waals surface area contributed by atoms with Gasteiger partial charge in [-0.1, -0.05) is 5.92 Å². The molecule has 0 bridgehead atoms. The first kappa shape index (κ1) is 8.35. The van der Waals surface area contributed by atoms with Crippen molar-refractivity contribution in [3.8, 4) is 18.1 Å². The molecule has 0 heterocycles. The van der Waals surface area contributed by atoms with E-state index >= 15 is 0 Å². The maximum Gasteiger partial charge on any atom is 0.119 e. The molecule has 12 heavy (non-hydrogen) atoms. The third kappa shape index (κ3) is 2.14. The van der Waals surface area contributed by atoms with E-state index in [0.29, 0.717) is 0 Å². The molecule has 2 nitrogen and oxygen atoms in total. The number of rotatable bonds is 2. The van der Waals surface area contributed by atoms with Crippen molar-refractivity contribution in [3.05, 3.63) is 24.3 Å². The van der Waals surface area contributed by atoms with Crippen LogP contribution in [-0.4, -0.2) is 13.3 Å². The topological polar surface area (TPSA) is 21.6 Å². The maximum absolute atomic E-state index is 5.01. The Kier molecular flexibility index (Phi) is 2.92. The van der Waals surface area contributed by atoms with Crippen LogP contribution in [-0.2, 0) is 0 Å². The monoisotopic (exact) mass is 159 g/mol. The molecule has 1 rings (SSSR count). The summed E-state index contributed by atoms with van der Waals surface area (Å²) >= 11 is 0. The highest BCUT2D eigenvalue weighted by atomic mass is 16.5. The number of methoxy groups -OCH3 is 1. The van der Waals surface area contributed by atoms with E-state index in [-0.39, 0.29) is 0 Å². The van der Waals surface area contributed by atoms with E-state index in [1.807, 2.05) is 24.3 Å². The first-order chi connectivity index (χ1) is 5.86. The lowest BCUT2D eigenvalue weighted by Crippen LogP contribution is -1.79. The van der Waals surface area contributed by atoms with Crippen molar-refractivity contribution < 1.29 is 4.74 Å². The average Bonchev–Trinajstić information content (AvgIpc) is 2.15. The van der Waals surface area contributed by atoms with Gasteiger partial charge in [0.1, 0.15) is 5.75 Å². The van der Waals surface area contributed by atoms with E-state index in [1.54, 1.807) is 7.11 Å². The zero-order chi connectivity index (χ0) is 8.81. The van der Waals surface area contributed by atoms with Crippen molar-refractivity contribution in [2.24, 2.45) is 4.99 Å². The van der Waals surface area contributed by atoms with Crippen molar-refractivity contribution in [1.29, 1.82) is 0 Å². The number of benzene rings is 1. The molecule has 0 aliphatic rings. The van der Waals surface area contributed by atoms with Gasteiger partial charge in [-0.25, -0.2) is 4.99 Å². The van der Waals surface area contributed by atoms with Crippen LogP contribution < -0.4 is 4.74 Å². The van der Waals surface area contributed by atoms with E-state index in [0.717, 1.165) is 11.4 Å². The first-order valence-corrected chi connectivity index (χ1v) is 3.49. The number of hydrogen-bond acceptors (Lipinski definition) is 2. The quantitative estimate of drug-likeness (QED) is 0.478. The highest BCUT2D eigenvalue weighted by Crippen LogP contribution is 2.16. The van der Waals surface area contributed by atoms with Crippen molar-refractivity contribution in [1.82, 2.24) is 0 Å². The van der Waals surface area contributed by atoms with Gasteiger partial charge in [-0.15, -0.1) is 6.42 Å². The molecule has 0 atom stereocenters. The summed E-state index contributed by atoms with van der Waals surface area (Å²) in [5.41, 5.74) is 0.828. The summed E-state index contributed by atoms with van der Waals surface area (Å²) in [5.74, 6) is 3.14. The third-order valence-electron chi connectivity index (χ3n) is 1.36. The van der Waals surface area contributed by atoms with Crippen molar-refractivity contribution >= 4 is 11.9 Å². The Morgan fingerprint density at radius 2 is 2.08 bits per heavy atom. The third-order valence-corrected chi connectivity index (χ3v) is 1.36. The minimum absolute atomic E-state index is 0.814. The minimum atomic E-state index is 0.814. The van der Waals surface area contributed by atoms with Gasteiger partial charge in [-0.2, -0.15) is 0 Å². The van der Waals surface area contributed by atoms with Crippen molar-refractivity contribution in [2.45, 2.75) is 0 Å². The van der Waals surface area contributed by atoms with Crippen LogP contribution in [0.1, 0.15) is 0 Å². The van der Waals surface area contributed by atoms with Gasteiger partial charge in [-0.3, -0.25) is 0 Å². The molecule has 1 aromatic rings. The second kappa shape index (κ2) is 4.20. The largest absolute Gasteiger partial charge is 0.497 e. The lowest BCUT2D eigenvalue weighted by molar-refractivity contribution is 0.415. The molecule has 0 N–H and O–H groups in total. The number of ether oxygens (including phenoxy) is 1. The van der Waals surface area contributed by atoms with E-state index < -0.39 is 0 Å². The smallest absolute Gasteiger partial charge is 0.119 e. The summed E-state index contributed by atoms with van der Waals surface area (Å²) in [7, 11) is 1.62. The number of terminal acetylenes is 1. The Balaban J connectivity index is 2.79. The van der Waals surface area contributed by atoms with E-state index in [1.165, 1.54) is 6.21 Å². The first-order valence-electron chi connectivity index (χ1n) is 3.49. The highest BCUT2D eigenvalue weighted by molar-refractivity contribution is 5.79. The van der Waals surface area contributed by atoms with Crippen LogP contribution in [0.2, 0.25) is 0 Å². The SMILES string of the molecule is C#CC=Nc1ccc(OC)cc1. The van der Waals surface area contributed by atoms with Crippen LogP contribution in [0.25, 0.3) is 0 Å². The zero-order valence-electron chi connectivity index (χ0n) is 6.82. The fourth-order valence-corrected chi connectivity index (χ4v) is 0.780. The van der Waals surface area contributed by atoms with E-state index in [9.17, 15) is 0 Å². The number of hydrogen-bond donors (Lipinski definition) is 0. The molecule has 0 aliphatic carbocycles. The van der Waals surface area contributed by atoms with Crippen LogP contribution in [0.3, 0.4) is 0 Å². The predicted molar refractivity (Wildman–Crippen MR) is 50.0 cm³/mol. The Hall–Kier alpha value is -1.75. The summed E-state index contributed by atoms with van der Waals surface area (Å²) < 4.78 is 4.98. The summed E-state index contributed by atoms with van der Waals surface area (Å²) in [5, 5.41) is 0. The Labute approximate surface area is 71.9 Å². The van der Waals surface area contributed by atoms with Gasteiger partial charge >= 0.3 is 0 Å². The molecular weight excluding hydrogens is 150 g/mol. The molecule has 0 spiro atoms. The molecule has 0 unspecified atom stereocenters. The molecule has 1 aromatic carbocycles. The fraction of sp³-hybridized carbons (Fsp3) is 0.100. The second-order valence-electron chi connectivity index (χ2n) is 2.12. The van der Waals surface area contributed by atoms with Crippen LogP contribution in [0.5, 0.6) is 5.75 Å². The number of nitrogens with zero attached hydrogens (tertiary/aromatic N) is 1. The van der Waals surface area contributed by atoms with Gasteiger partial charge in [0, 0.05) is 0 Å². The molecule has 0 aromatic heterocycles. The molecule has 0 saturated carbocycles. The van der Waals surface area contributed by atoms with E-state index in [4.69, 9.17) is 11.2 Å². The predicted octanol–water partition coefficient (Wildman–Crippen LogP) is 2.03. The molecule has 0 fully saturated rings. The van der Waals surface area contributed by atoms with Gasteiger partial charge in [0.25, 0.3) is 0 Å².